The molecule has 0 saturated carbocycles. The predicted octanol–water partition coefficient (Wildman–Crippen LogP) is 3.88. The molecule has 2 aromatic carbocycles. The number of ether oxygens (including phenoxy) is 1. The number of fused-ring (bicyclic) bond motifs is 1. The molecule has 1 aliphatic rings. The summed E-state index contributed by atoms with van der Waals surface area (Å²) in [5, 5.41) is 4.84. The second-order valence-corrected chi connectivity index (χ2v) is 7.20. The molecule has 6 nitrogen and oxygen atoms in total. The maximum absolute atomic E-state index is 12.8. The molecule has 0 saturated heterocycles. The van der Waals surface area contributed by atoms with Gasteiger partial charge in [-0.25, -0.2) is 4.98 Å². The van der Waals surface area contributed by atoms with Crippen LogP contribution in [0.15, 0.2) is 53.4 Å². The van der Waals surface area contributed by atoms with E-state index in [1.54, 1.807) is 35.5 Å². The molecule has 0 fully saturated rings. The smallest absolute Gasteiger partial charge is 0.259 e. The fraction of sp³-hybridized carbons (Fsp3) is 0.190. The topological polar surface area (TPSA) is 71.5 Å². The number of carbonyl (C=O) groups excluding carboxylic acids is 2. The van der Waals surface area contributed by atoms with Gasteiger partial charge in [0.05, 0.1) is 16.8 Å². The van der Waals surface area contributed by atoms with Crippen molar-refractivity contribution < 1.29 is 14.3 Å². The lowest BCUT2D eigenvalue weighted by Gasteiger charge is -2.15. The molecule has 0 bridgehead atoms. The highest BCUT2D eigenvalue weighted by molar-refractivity contribution is 7.07. The van der Waals surface area contributed by atoms with Crippen LogP contribution < -0.4 is 15.0 Å². The monoisotopic (exact) mass is 393 g/mol. The molecule has 1 aromatic heterocycles. The van der Waals surface area contributed by atoms with Crippen molar-refractivity contribution in [2.45, 2.75) is 20.0 Å². The first-order valence-corrected chi connectivity index (χ1v) is 9.87. The number of para-hydroxylation sites is 1. The minimum Gasteiger partial charge on any atom is -0.486 e. The molecule has 4 rings (SSSR count). The molecule has 3 aromatic rings. The number of hydrogen-bond acceptors (Lipinski definition) is 5. The zero-order valence-electron chi connectivity index (χ0n) is 15.3. The fourth-order valence-electron chi connectivity index (χ4n) is 3.25. The number of aromatic nitrogens is 1. The highest BCUT2D eigenvalue weighted by Crippen LogP contribution is 2.31. The van der Waals surface area contributed by atoms with Gasteiger partial charge >= 0.3 is 0 Å². The number of thiazole rings is 1. The van der Waals surface area contributed by atoms with Crippen LogP contribution in [0.25, 0.3) is 0 Å². The second-order valence-electron chi connectivity index (χ2n) is 6.48. The molecule has 0 spiro atoms. The third kappa shape index (κ3) is 3.75. The molecular weight excluding hydrogens is 374 g/mol. The molecule has 0 aliphatic carbocycles. The van der Waals surface area contributed by atoms with E-state index in [1.807, 2.05) is 29.6 Å². The van der Waals surface area contributed by atoms with E-state index in [2.05, 4.69) is 10.3 Å². The fourth-order valence-corrected chi connectivity index (χ4v) is 3.79. The van der Waals surface area contributed by atoms with Crippen molar-refractivity contribution in [2.24, 2.45) is 0 Å². The van der Waals surface area contributed by atoms with E-state index in [0.717, 1.165) is 23.4 Å². The molecule has 0 radical (unpaired) electrons. The van der Waals surface area contributed by atoms with E-state index in [1.165, 1.54) is 11.3 Å². The van der Waals surface area contributed by atoms with E-state index in [4.69, 9.17) is 4.74 Å². The molecule has 1 aliphatic heterocycles. The summed E-state index contributed by atoms with van der Waals surface area (Å²) in [6.07, 6.45) is 0.784. The minimum atomic E-state index is -0.241. The Balaban J connectivity index is 1.49. The number of amides is 2. The van der Waals surface area contributed by atoms with Crippen LogP contribution in [0.3, 0.4) is 0 Å². The van der Waals surface area contributed by atoms with Crippen molar-refractivity contribution in [3.63, 3.8) is 0 Å². The number of benzene rings is 2. The molecular formula is C21H19N3O3S. The van der Waals surface area contributed by atoms with E-state index >= 15 is 0 Å². The van der Waals surface area contributed by atoms with Crippen molar-refractivity contribution in [2.75, 3.05) is 16.8 Å². The van der Waals surface area contributed by atoms with Crippen molar-refractivity contribution in [1.82, 2.24) is 4.98 Å². The average Bonchev–Trinajstić information content (AvgIpc) is 3.36. The van der Waals surface area contributed by atoms with Crippen LogP contribution in [-0.4, -0.2) is 23.3 Å². The van der Waals surface area contributed by atoms with Gasteiger partial charge in [0, 0.05) is 30.2 Å². The van der Waals surface area contributed by atoms with Crippen LogP contribution in [0.1, 0.15) is 28.5 Å². The van der Waals surface area contributed by atoms with Gasteiger partial charge in [-0.3, -0.25) is 9.59 Å². The summed E-state index contributed by atoms with van der Waals surface area (Å²) in [7, 11) is 0. The highest BCUT2D eigenvalue weighted by Gasteiger charge is 2.22. The maximum Gasteiger partial charge on any atom is 0.259 e. The van der Waals surface area contributed by atoms with Gasteiger partial charge in [0.1, 0.15) is 12.4 Å². The van der Waals surface area contributed by atoms with Gasteiger partial charge in [-0.2, -0.15) is 0 Å². The van der Waals surface area contributed by atoms with Gasteiger partial charge in [-0.15, -0.1) is 11.3 Å². The van der Waals surface area contributed by atoms with Crippen LogP contribution in [0.2, 0.25) is 0 Å². The first-order chi connectivity index (χ1) is 13.6. The third-order valence-corrected chi connectivity index (χ3v) is 5.24. The molecule has 142 valence electrons. The highest BCUT2D eigenvalue weighted by atomic mass is 32.1. The van der Waals surface area contributed by atoms with Gasteiger partial charge < -0.3 is 15.0 Å². The lowest BCUT2D eigenvalue weighted by molar-refractivity contribution is -0.116. The number of hydrogen-bond donors (Lipinski definition) is 1. The maximum atomic E-state index is 12.8. The third-order valence-electron chi connectivity index (χ3n) is 4.60. The first kappa shape index (κ1) is 18.2. The van der Waals surface area contributed by atoms with Gasteiger partial charge in [0.25, 0.3) is 5.91 Å². The van der Waals surface area contributed by atoms with Gasteiger partial charge in [0.15, 0.2) is 0 Å². The van der Waals surface area contributed by atoms with Crippen molar-refractivity contribution >= 4 is 34.5 Å². The number of rotatable bonds is 5. The Morgan fingerprint density at radius 2 is 2.11 bits per heavy atom. The Kier molecular flexibility index (Phi) is 5.08. The lowest BCUT2D eigenvalue weighted by Crippen LogP contribution is -2.25. The normalized spacial score (nSPS) is 12.5. The Morgan fingerprint density at radius 3 is 2.89 bits per heavy atom. The van der Waals surface area contributed by atoms with Crippen LogP contribution in [0.4, 0.5) is 11.4 Å². The van der Waals surface area contributed by atoms with Crippen LogP contribution >= 0.6 is 11.3 Å². The summed E-state index contributed by atoms with van der Waals surface area (Å²) >= 11 is 1.50. The van der Waals surface area contributed by atoms with Crippen molar-refractivity contribution in [3.05, 3.63) is 70.2 Å². The van der Waals surface area contributed by atoms with E-state index in [-0.39, 0.29) is 11.8 Å². The summed E-state index contributed by atoms with van der Waals surface area (Å²) in [5.74, 6) is 0.300. The summed E-state index contributed by atoms with van der Waals surface area (Å²) in [6.45, 7) is 2.55. The molecule has 2 heterocycles. The standard InChI is InChI=1S/C21H19N3O3S/c1-14(25)24-9-8-15-10-16(6-7-19(15)24)23-21(26)18-4-2-3-5-20(18)27-11-17-12-28-13-22-17/h2-7,10,12-13H,8-9,11H2,1H3,(H,23,26). The predicted molar refractivity (Wildman–Crippen MR) is 109 cm³/mol. The molecule has 28 heavy (non-hydrogen) atoms. The molecule has 0 unspecified atom stereocenters. The van der Waals surface area contributed by atoms with Crippen LogP contribution in [0, 0.1) is 0 Å². The lowest BCUT2D eigenvalue weighted by atomic mass is 10.1. The number of nitrogens with zero attached hydrogens (tertiary/aromatic N) is 2. The first-order valence-electron chi connectivity index (χ1n) is 8.93. The van der Waals surface area contributed by atoms with Crippen LogP contribution in [-0.2, 0) is 17.8 Å². The number of anilines is 2. The SMILES string of the molecule is CC(=O)N1CCc2cc(NC(=O)c3ccccc3OCc3cscn3)ccc21. The Bertz CT molecular complexity index is 1020. The van der Waals surface area contributed by atoms with Crippen LogP contribution in [0.5, 0.6) is 5.75 Å². The number of nitrogens with one attached hydrogen (secondary N) is 1. The quantitative estimate of drug-likeness (QED) is 0.714. The summed E-state index contributed by atoms with van der Waals surface area (Å²) in [4.78, 5) is 30.4. The molecule has 0 atom stereocenters. The second kappa shape index (κ2) is 7.82. The Hall–Kier alpha value is -3.19. The molecule has 1 N–H and O–H groups in total. The molecule has 7 heteroatoms. The van der Waals surface area contributed by atoms with Gasteiger partial charge in [-0.1, -0.05) is 12.1 Å². The zero-order chi connectivity index (χ0) is 19.5. The largest absolute Gasteiger partial charge is 0.486 e. The summed E-state index contributed by atoms with van der Waals surface area (Å²) in [6, 6.07) is 12.8. The number of carbonyl (C=O) groups is 2. The van der Waals surface area contributed by atoms with E-state index in [9.17, 15) is 9.59 Å². The van der Waals surface area contributed by atoms with E-state index in [0.29, 0.717) is 30.2 Å². The van der Waals surface area contributed by atoms with Crippen molar-refractivity contribution in [3.8, 4) is 5.75 Å². The summed E-state index contributed by atoms with van der Waals surface area (Å²) < 4.78 is 5.79. The Morgan fingerprint density at radius 1 is 1.25 bits per heavy atom. The Labute approximate surface area is 166 Å². The molecule has 2 amide bonds. The van der Waals surface area contributed by atoms with Gasteiger partial charge in [-0.05, 0) is 42.3 Å². The van der Waals surface area contributed by atoms with Crippen molar-refractivity contribution in [1.29, 1.82) is 0 Å². The zero-order valence-corrected chi connectivity index (χ0v) is 16.2. The van der Waals surface area contributed by atoms with E-state index < -0.39 is 0 Å². The average molecular weight is 393 g/mol. The summed E-state index contributed by atoms with van der Waals surface area (Å²) in [5.41, 5.74) is 5.71. The van der Waals surface area contributed by atoms with Gasteiger partial charge in [0.2, 0.25) is 5.91 Å². The minimum absolute atomic E-state index is 0.0294.